The first-order valence-electron chi connectivity index (χ1n) is 4.45. The number of hydrogen-bond acceptors (Lipinski definition) is 5. The summed E-state index contributed by atoms with van der Waals surface area (Å²) in [5.74, 6) is -0.766. The number of carboxylic acid groups (broad SMARTS) is 1. The minimum atomic E-state index is -1.06. The van der Waals surface area contributed by atoms with Gasteiger partial charge >= 0.3 is 5.97 Å². The van der Waals surface area contributed by atoms with E-state index in [1.54, 1.807) is 0 Å². The van der Waals surface area contributed by atoms with Crippen LogP contribution in [0.25, 0.3) is 0 Å². The van der Waals surface area contributed by atoms with E-state index in [1.165, 1.54) is 23.6 Å². The average Bonchev–Trinajstić information content (AvgIpc) is 2.73. The number of nitrogens with zero attached hydrogens (tertiary/aromatic N) is 1. The van der Waals surface area contributed by atoms with Gasteiger partial charge in [-0.15, -0.1) is 0 Å². The summed E-state index contributed by atoms with van der Waals surface area (Å²) in [4.78, 5) is 14.9. The number of hydrogen-bond donors (Lipinski definition) is 3. The molecule has 0 unspecified atom stereocenters. The molecule has 6 heteroatoms. The molecule has 0 saturated carbocycles. The molecule has 0 saturated heterocycles. The van der Waals surface area contributed by atoms with Gasteiger partial charge in [-0.1, -0.05) is 0 Å². The highest BCUT2D eigenvalue weighted by atomic mass is 32.1. The lowest BCUT2D eigenvalue weighted by Gasteiger charge is -2.07. The van der Waals surface area contributed by atoms with Crippen LogP contribution in [0.4, 0.5) is 17.2 Å². The third-order valence-corrected chi connectivity index (χ3v) is 2.61. The first-order valence-corrected chi connectivity index (χ1v) is 5.39. The molecule has 0 aliphatic heterocycles. The number of nitrogens with one attached hydrogen (secondary N) is 1. The Morgan fingerprint density at radius 3 is 3.00 bits per heavy atom. The van der Waals surface area contributed by atoms with Crippen LogP contribution in [-0.2, 0) is 0 Å². The van der Waals surface area contributed by atoms with E-state index in [4.69, 9.17) is 10.8 Å². The fourth-order valence-corrected chi connectivity index (χ4v) is 1.80. The van der Waals surface area contributed by atoms with Crippen molar-refractivity contribution in [3.8, 4) is 0 Å². The second kappa shape index (κ2) is 4.19. The monoisotopic (exact) mass is 235 g/mol. The van der Waals surface area contributed by atoms with E-state index in [0.29, 0.717) is 11.5 Å². The van der Waals surface area contributed by atoms with Gasteiger partial charge in [-0.25, -0.2) is 9.78 Å². The predicted octanol–water partition coefficient (Wildman–Crippen LogP) is 2.17. The smallest absolute Gasteiger partial charge is 0.339 e. The second-order valence-electron chi connectivity index (χ2n) is 3.11. The molecule has 0 aliphatic rings. The zero-order valence-electron chi connectivity index (χ0n) is 8.18. The maximum Gasteiger partial charge on any atom is 0.339 e. The number of carbonyl (C=O) groups is 1. The fraction of sp³-hybridized carbons (Fsp3) is 0. The van der Waals surface area contributed by atoms with Gasteiger partial charge in [-0.05, 0) is 17.5 Å². The number of rotatable bonds is 3. The van der Waals surface area contributed by atoms with Crippen molar-refractivity contribution in [2.45, 2.75) is 0 Å². The number of carboxylic acids is 1. The zero-order valence-corrected chi connectivity index (χ0v) is 8.99. The van der Waals surface area contributed by atoms with Crippen LogP contribution in [0.2, 0.25) is 0 Å². The number of anilines is 3. The summed E-state index contributed by atoms with van der Waals surface area (Å²) in [6, 6.07) is 3.22. The molecule has 82 valence electrons. The average molecular weight is 235 g/mol. The van der Waals surface area contributed by atoms with Crippen LogP contribution < -0.4 is 11.1 Å². The molecule has 2 rings (SSSR count). The molecule has 0 aromatic carbocycles. The van der Waals surface area contributed by atoms with E-state index in [2.05, 4.69) is 10.3 Å². The van der Waals surface area contributed by atoms with Gasteiger partial charge < -0.3 is 16.2 Å². The van der Waals surface area contributed by atoms with E-state index in [0.717, 1.165) is 5.69 Å². The fourth-order valence-electron chi connectivity index (χ4n) is 1.22. The molecule has 0 amide bonds. The number of nitrogen functional groups attached to an aromatic ring is 1. The van der Waals surface area contributed by atoms with Crippen LogP contribution in [0.5, 0.6) is 0 Å². The lowest BCUT2D eigenvalue weighted by Crippen LogP contribution is -2.05. The summed E-state index contributed by atoms with van der Waals surface area (Å²) in [6.07, 6.45) is 1.42. The lowest BCUT2D eigenvalue weighted by molar-refractivity contribution is 0.0697. The van der Waals surface area contributed by atoms with Crippen LogP contribution in [0, 0.1) is 0 Å². The van der Waals surface area contributed by atoms with Crippen molar-refractivity contribution >= 4 is 34.5 Å². The van der Waals surface area contributed by atoms with Crippen LogP contribution in [0.3, 0.4) is 0 Å². The summed E-state index contributed by atoms with van der Waals surface area (Å²) >= 11 is 1.51. The third kappa shape index (κ3) is 2.12. The summed E-state index contributed by atoms with van der Waals surface area (Å²) in [5.41, 5.74) is 6.69. The van der Waals surface area contributed by atoms with Crippen LogP contribution in [0.15, 0.2) is 29.1 Å². The molecule has 0 bridgehead atoms. The van der Waals surface area contributed by atoms with Crippen molar-refractivity contribution in [2.24, 2.45) is 0 Å². The Labute approximate surface area is 95.6 Å². The van der Waals surface area contributed by atoms with Crippen molar-refractivity contribution in [3.05, 3.63) is 34.7 Å². The standard InChI is InChI=1S/C10H9N3O2S/c11-6-3-8(10(14)15)9(12-4-6)13-7-1-2-16-5-7/h1-5H,11H2,(H,12,13)(H,14,15). The Balaban J connectivity index is 2.36. The molecular formula is C10H9N3O2S. The van der Waals surface area contributed by atoms with Gasteiger partial charge in [0, 0.05) is 5.38 Å². The van der Waals surface area contributed by atoms with Gasteiger partial charge in [0.1, 0.15) is 11.4 Å². The Morgan fingerprint density at radius 2 is 2.38 bits per heavy atom. The molecule has 2 aromatic rings. The molecule has 0 atom stereocenters. The molecule has 0 spiro atoms. The number of thiophene rings is 1. The third-order valence-electron chi connectivity index (χ3n) is 1.92. The van der Waals surface area contributed by atoms with Gasteiger partial charge in [0.25, 0.3) is 0 Å². The van der Waals surface area contributed by atoms with E-state index in [-0.39, 0.29) is 5.56 Å². The molecule has 0 radical (unpaired) electrons. The Hall–Kier alpha value is -2.08. The van der Waals surface area contributed by atoms with Crippen molar-refractivity contribution in [1.29, 1.82) is 0 Å². The van der Waals surface area contributed by atoms with Crippen LogP contribution in [-0.4, -0.2) is 16.1 Å². The minimum absolute atomic E-state index is 0.0613. The molecule has 0 aliphatic carbocycles. The Kier molecular flexibility index (Phi) is 2.74. The summed E-state index contributed by atoms with van der Waals surface area (Å²) in [5, 5.41) is 15.7. The molecular weight excluding hydrogens is 226 g/mol. The second-order valence-corrected chi connectivity index (χ2v) is 3.89. The van der Waals surface area contributed by atoms with E-state index in [9.17, 15) is 4.79 Å². The Morgan fingerprint density at radius 1 is 1.56 bits per heavy atom. The van der Waals surface area contributed by atoms with Gasteiger partial charge in [0.05, 0.1) is 17.6 Å². The highest BCUT2D eigenvalue weighted by Gasteiger charge is 2.12. The largest absolute Gasteiger partial charge is 0.478 e. The first kappa shape index (κ1) is 10.4. The van der Waals surface area contributed by atoms with Crippen molar-refractivity contribution < 1.29 is 9.90 Å². The predicted molar refractivity (Wildman–Crippen MR) is 63.2 cm³/mol. The first-order chi connectivity index (χ1) is 7.66. The van der Waals surface area contributed by atoms with E-state index >= 15 is 0 Å². The van der Waals surface area contributed by atoms with Crippen molar-refractivity contribution in [1.82, 2.24) is 4.98 Å². The SMILES string of the molecule is Nc1cnc(Nc2ccsc2)c(C(=O)O)c1. The number of pyridine rings is 1. The van der Waals surface area contributed by atoms with Gasteiger partial charge in [-0.3, -0.25) is 0 Å². The Bertz CT molecular complexity index is 511. The van der Waals surface area contributed by atoms with Crippen LogP contribution in [0.1, 0.15) is 10.4 Å². The topological polar surface area (TPSA) is 88.2 Å². The summed E-state index contributed by atoms with van der Waals surface area (Å²) in [6.45, 7) is 0. The number of nitrogens with two attached hydrogens (primary N) is 1. The molecule has 2 aromatic heterocycles. The van der Waals surface area contributed by atoms with E-state index in [1.807, 2.05) is 16.8 Å². The maximum atomic E-state index is 11.0. The minimum Gasteiger partial charge on any atom is -0.478 e. The van der Waals surface area contributed by atoms with Gasteiger partial charge in [0.15, 0.2) is 0 Å². The summed E-state index contributed by atoms with van der Waals surface area (Å²) in [7, 11) is 0. The number of aromatic carboxylic acids is 1. The highest BCUT2D eigenvalue weighted by Crippen LogP contribution is 2.22. The normalized spacial score (nSPS) is 10.0. The number of aromatic nitrogens is 1. The highest BCUT2D eigenvalue weighted by molar-refractivity contribution is 7.08. The summed E-state index contributed by atoms with van der Waals surface area (Å²) < 4.78 is 0. The molecule has 0 fully saturated rings. The molecule has 2 heterocycles. The van der Waals surface area contributed by atoms with Crippen molar-refractivity contribution in [2.75, 3.05) is 11.1 Å². The van der Waals surface area contributed by atoms with E-state index < -0.39 is 5.97 Å². The zero-order chi connectivity index (χ0) is 11.5. The quantitative estimate of drug-likeness (QED) is 0.758. The molecule has 4 N–H and O–H groups in total. The van der Waals surface area contributed by atoms with Crippen LogP contribution >= 0.6 is 11.3 Å². The maximum absolute atomic E-state index is 11.0. The molecule has 16 heavy (non-hydrogen) atoms. The van der Waals surface area contributed by atoms with Gasteiger partial charge in [-0.2, -0.15) is 11.3 Å². The molecule has 5 nitrogen and oxygen atoms in total. The lowest BCUT2D eigenvalue weighted by atomic mass is 10.2. The van der Waals surface area contributed by atoms with Crippen molar-refractivity contribution in [3.63, 3.8) is 0 Å². The van der Waals surface area contributed by atoms with Gasteiger partial charge in [0.2, 0.25) is 0 Å².